The zero-order valence-electron chi connectivity index (χ0n) is 17.0. The zero-order valence-corrected chi connectivity index (χ0v) is 17.0. The molecule has 0 aromatic heterocycles. The summed E-state index contributed by atoms with van der Waals surface area (Å²) in [5, 5.41) is 2.79. The van der Waals surface area contributed by atoms with Crippen LogP contribution in [0.15, 0.2) is 18.2 Å². The summed E-state index contributed by atoms with van der Waals surface area (Å²) in [6.45, 7) is 2.70. The van der Waals surface area contributed by atoms with Crippen molar-refractivity contribution in [3.63, 3.8) is 0 Å². The van der Waals surface area contributed by atoms with E-state index in [9.17, 15) is 19.2 Å². The van der Waals surface area contributed by atoms with Gasteiger partial charge in [0.2, 0.25) is 5.91 Å². The number of carbonyl (C=O) groups is 4. The number of esters is 1. The van der Waals surface area contributed by atoms with Crippen molar-refractivity contribution in [3.8, 4) is 5.75 Å². The van der Waals surface area contributed by atoms with E-state index in [0.29, 0.717) is 30.2 Å². The number of nitrogens with one attached hydrogen (secondary N) is 1. The number of nitrogens with zero attached hydrogens (tertiary/aromatic N) is 1. The van der Waals surface area contributed by atoms with Crippen LogP contribution in [0.2, 0.25) is 0 Å². The van der Waals surface area contributed by atoms with E-state index in [4.69, 9.17) is 14.2 Å². The van der Waals surface area contributed by atoms with Gasteiger partial charge in [0.25, 0.3) is 5.91 Å². The van der Waals surface area contributed by atoms with Crippen molar-refractivity contribution in [3.05, 3.63) is 23.8 Å². The van der Waals surface area contributed by atoms with Gasteiger partial charge in [0.1, 0.15) is 12.3 Å². The average Bonchev–Trinajstić information content (AvgIpc) is 3.26. The maximum Gasteiger partial charge on any atom is 0.306 e. The fourth-order valence-corrected chi connectivity index (χ4v) is 3.37. The molecule has 1 fully saturated rings. The lowest BCUT2D eigenvalue weighted by Crippen LogP contribution is -2.46. The number of hydrogen-bond donors (Lipinski definition) is 1. The van der Waals surface area contributed by atoms with Crippen LogP contribution in [-0.2, 0) is 23.9 Å². The lowest BCUT2D eigenvalue weighted by molar-refractivity contribution is -0.143. The Morgan fingerprint density at radius 3 is 2.83 bits per heavy atom. The second-order valence-electron chi connectivity index (χ2n) is 7.12. The van der Waals surface area contributed by atoms with Gasteiger partial charge in [-0.25, -0.2) is 0 Å². The molecule has 1 aromatic rings. The van der Waals surface area contributed by atoms with E-state index in [-0.39, 0.29) is 56.3 Å². The topological polar surface area (TPSA) is 111 Å². The molecule has 1 unspecified atom stereocenters. The van der Waals surface area contributed by atoms with E-state index >= 15 is 0 Å². The summed E-state index contributed by atoms with van der Waals surface area (Å²) >= 11 is 0. The first-order chi connectivity index (χ1) is 14.5. The van der Waals surface area contributed by atoms with E-state index in [0.717, 1.165) is 12.8 Å². The summed E-state index contributed by atoms with van der Waals surface area (Å²) in [5.74, 6) is -0.960. The van der Waals surface area contributed by atoms with E-state index in [1.54, 1.807) is 19.1 Å². The molecule has 162 valence electrons. The Hall–Kier alpha value is -2.94. The number of ketones is 1. The molecule has 1 atom stereocenters. The molecule has 1 saturated heterocycles. The molecule has 2 aliphatic rings. The third-order valence-corrected chi connectivity index (χ3v) is 4.94. The van der Waals surface area contributed by atoms with Crippen LogP contribution in [0.5, 0.6) is 5.75 Å². The molecule has 3 rings (SSSR count). The van der Waals surface area contributed by atoms with Crippen molar-refractivity contribution < 1.29 is 33.4 Å². The van der Waals surface area contributed by atoms with E-state index < -0.39 is 5.97 Å². The monoisotopic (exact) mass is 418 g/mol. The van der Waals surface area contributed by atoms with Gasteiger partial charge in [0, 0.05) is 25.1 Å². The van der Waals surface area contributed by atoms with Crippen LogP contribution in [0, 0.1) is 0 Å². The molecule has 0 aliphatic carbocycles. The molecule has 0 radical (unpaired) electrons. The number of hydrogen-bond acceptors (Lipinski definition) is 7. The predicted molar refractivity (Wildman–Crippen MR) is 106 cm³/mol. The summed E-state index contributed by atoms with van der Waals surface area (Å²) in [6, 6.07) is 4.70. The maximum absolute atomic E-state index is 12.5. The van der Waals surface area contributed by atoms with Gasteiger partial charge in [-0.05, 0) is 38.0 Å². The molecule has 2 aliphatic heterocycles. The number of Topliss-reactive ketones (excluding diaryl/α,β-unsaturated/α-hetero) is 1. The van der Waals surface area contributed by atoms with Crippen LogP contribution in [0.25, 0.3) is 0 Å². The van der Waals surface area contributed by atoms with Gasteiger partial charge in [-0.3, -0.25) is 24.1 Å². The van der Waals surface area contributed by atoms with Crippen molar-refractivity contribution in [2.24, 2.45) is 0 Å². The average molecular weight is 418 g/mol. The molecule has 0 saturated carbocycles. The normalized spacial score (nSPS) is 17.8. The molecule has 2 amide bonds. The predicted octanol–water partition coefficient (Wildman–Crippen LogP) is 1.23. The van der Waals surface area contributed by atoms with Gasteiger partial charge in [0.05, 0.1) is 24.8 Å². The molecule has 30 heavy (non-hydrogen) atoms. The van der Waals surface area contributed by atoms with Crippen LogP contribution in [0.1, 0.15) is 43.0 Å². The van der Waals surface area contributed by atoms with Gasteiger partial charge >= 0.3 is 5.97 Å². The third-order valence-electron chi connectivity index (χ3n) is 4.94. The first kappa shape index (κ1) is 21.8. The summed E-state index contributed by atoms with van der Waals surface area (Å²) in [5.41, 5.74) is 0.696. The zero-order chi connectivity index (χ0) is 21.5. The minimum Gasteiger partial charge on any atom is -0.482 e. The lowest BCUT2D eigenvalue weighted by atomic mass is 10.0. The van der Waals surface area contributed by atoms with Crippen LogP contribution in [-0.4, -0.2) is 62.6 Å². The van der Waals surface area contributed by atoms with Crippen LogP contribution < -0.4 is 15.0 Å². The van der Waals surface area contributed by atoms with Crippen LogP contribution in [0.3, 0.4) is 0 Å². The highest BCUT2D eigenvalue weighted by Gasteiger charge is 2.28. The second kappa shape index (κ2) is 10.2. The molecular formula is C21H26N2O7. The standard InChI is InChI=1S/C21H26N2O7/c1-2-28-21(27)8-6-17(24)14-5-7-18-16(10-14)23(20(26)13-30-18)12-19(25)22-11-15-4-3-9-29-15/h5,7,10,15H,2-4,6,8-9,11-13H2,1H3,(H,22,25). The number of anilines is 1. The summed E-state index contributed by atoms with van der Waals surface area (Å²) < 4.78 is 15.7. The van der Waals surface area contributed by atoms with Gasteiger partial charge in [-0.1, -0.05) is 0 Å². The number of rotatable bonds is 9. The van der Waals surface area contributed by atoms with Crippen molar-refractivity contribution in [2.75, 3.05) is 37.8 Å². The number of amides is 2. The van der Waals surface area contributed by atoms with Crippen LogP contribution >= 0.6 is 0 Å². The fraction of sp³-hybridized carbons (Fsp3) is 0.524. The van der Waals surface area contributed by atoms with Crippen molar-refractivity contribution in [1.29, 1.82) is 0 Å². The summed E-state index contributed by atoms with van der Waals surface area (Å²) in [7, 11) is 0. The molecule has 0 spiro atoms. The Labute approximate surface area is 174 Å². The molecule has 2 heterocycles. The number of benzene rings is 1. The van der Waals surface area contributed by atoms with Gasteiger partial charge in [-0.2, -0.15) is 0 Å². The Bertz CT molecular complexity index is 818. The minimum absolute atomic E-state index is 0.00486. The van der Waals surface area contributed by atoms with Crippen LogP contribution in [0.4, 0.5) is 5.69 Å². The molecule has 0 bridgehead atoms. The third kappa shape index (κ3) is 5.56. The smallest absolute Gasteiger partial charge is 0.306 e. The number of ether oxygens (including phenoxy) is 3. The van der Waals surface area contributed by atoms with Crippen molar-refractivity contribution in [2.45, 2.75) is 38.7 Å². The molecule has 1 aromatic carbocycles. The molecule has 1 N–H and O–H groups in total. The lowest BCUT2D eigenvalue weighted by Gasteiger charge is -2.29. The van der Waals surface area contributed by atoms with Gasteiger partial charge in [0.15, 0.2) is 12.4 Å². The van der Waals surface area contributed by atoms with E-state index in [1.807, 2.05) is 0 Å². The number of fused-ring (bicyclic) bond motifs is 1. The Morgan fingerprint density at radius 1 is 1.27 bits per heavy atom. The van der Waals surface area contributed by atoms with Gasteiger partial charge in [-0.15, -0.1) is 0 Å². The van der Waals surface area contributed by atoms with E-state index in [1.165, 1.54) is 11.0 Å². The maximum atomic E-state index is 12.5. The summed E-state index contributed by atoms with van der Waals surface area (Å²) in [6.07, 6.45) is 1.85. The molecular weight excluding hydrogens is 392 g/mol. The highest BCUT2D eigenvalue weighted by atomic mass is 16.5. The highest BCUT2D eigenvalue weighted by Crippen LogP contribution is 2.33. The first-order valence-corrected chi connectivity index (χ1v) is 10.1. The Kier molecular flexibility index (Phi) is 7.40. The highest BCUT2D eigenvalue weighted by molar-refractivity contribution is 6.04. The second-order valence-corrected chi connectivity index (χ2v) is 7.12. The van der Waals surface area contributed by atoms with Crippen molar-refractivity contribution in [1.82, 2.24) is 5.32 Å². The quantitative estimate of drug-likeness (QED) is 0.474. The molecule has 9 nitrogen and oxygen atoms in total. The first-order valence-electron chi connectivity index (χ1n) is 10.1. The van der Waals surface area contributed by atoms with Crippen molar-refractivity contribution >= 4 is 29.3 Å². The Balaban J connectivity index is 1.65. The number of carbonyl (C=O) groups excluding carboxylic acids is 4. The van der Waals surface area contributed by atoms with Gasteiger partial charge < -0.3 is 19.5 Å². The Morgan fingerprint density at radius 2 is 2.10 bits per heavy atom. The fourth-order valence-electron chi connectivity index (χ4n) is 3.37. The largest absolute Gasteiger partial charge is 0.482 e. The summed E-state index contributed by atoms with van der Waals surface area (Å²) in [4.78, 5) is 50.0. The minimum atomic E-state index is -0.438. The SMILES string of the molecule is CCOC(=O)CCC(=O)c1ccc2c(c1)N(CC(=O)NCC1CCCO1)C(=O)CO2. The molecule has 9 heteroatoms. The van der Waals surface area contributed by atoms with E-state index in [2.05, 4.69) is 5.32 Å².